The summed E-state index contributed by atoms with van der Waals surface area (Å²) < 4.78 is 36.0. The number of nitrogens with two attached hydrogens (primary N) is 1. The van der Waals surface area contributed by atoms with Crippen LogP contribution in [0.15, 0.2) is 47.4 Å². The van der Waals surface area contributed by atoms with Gasteiger partial charge in [-0.15, -0.1) is 0 Å². The number of carbonyl (C=O) groups excluding carboxylic acids is 1. The molecule has 0 bridgehead atoms. The van der Waals surface area contributed by atoms with Gasteiger partial charge < -0.3 is 10.4 Å². The summed E-state index contributed by atoms with van der Waals surface area (Å²) in [6.45, 7) is 0. The van der Waals surface area contributed by atoms with Crippen molar-refractivity contribution < 1.29 is 22.7 Å². The summed E-state index contributed by atoms with van der Waals surface area (Å²) in [5.74, 6) is -2.32. The summed E-state index contributed by atoms with van der Waals surface area (Å²) in [7, 11) is -3.92. The molecule has 0 fully saturated rings. The van der Waals surface area contributed by atoms with Gasteiger partial charge >= 0.3 is 0 Å². The van der Waals surface area contributed by atoms with Crippen LogP contribution < -0.4 is 10.5 Å². The Balaban J connectivity index is 2.33. The van der Waals surface area contributed by atoms with Crippen LogP contribution in [0, 0.1) is 5.82 Å². The maximum absolute atomic E-state index is 13.5. The van der Waals surface area contributed by atoms with E-state index in [0.29, 0.717) is 0 Å². The van der Waals surface area contributed by atoms with Crippen LogP contribution in [0.3, 0.4) is 0 Å². The maximum Gasteiger partial charge on any atom is 0.262 e. The fourth-order valence-corrected chi connectivity index (χ4v) is 2.24. The zero-order chi connectivity index (χ0) is 15.6. The van der Waals surface area contributed by atoms with Gasteiger partial charge in [-0.1, -0.05) is 12.1 Å². The average Bonchev–Trinajstić information content (AvgIpc) is 2.37. The van der Waals surface area contributed by atoms with Crippen LogP contribution in [0.1, 0.15) is 10.4 Å². The highest BCUT2D eigenvalue weighted by Crippen LogP contribution is 2.22. The number of nitrogens with one attached hydrogen (secondary N) is 1. The number of sulfonamides is 1. The number of carbonyl (C=O) groups is 1. The number of phenolic OH excluding ortho intramolecular Hbond substituents is 1. The average molecular weight is 310 g/mol. The van der Waals surface area contributed by atoms with E-state index in [0.717, 1.165) is 12.1 Å². The van der Waals surface area contributed by atoms with E-state index in [1.807, 2.05) is 0 Å². The molecule has 0 aliphatic heterocycles. The van der Waals surface area contributed by atoms with Gasteiger partial charge in [0.05, 0.1) is 4.90 Å². The lowest BCUT2D eigenvalue weighted by atomic mass is 10.1. The Bertz CT molecular complexity index is 785. The van der Waals surface area contributed by atoms with Crippen LogP contribution >= 0.6 is 0 Å². The quantitative estimate of drug-likeness (QED) is 0.796. The highest BCUT2D eigenvalue weighted by atomic mass is 32.2. The highest BCUT2D eigenvalue weighted by Gasteiger charge is 2.17. The van der Waals surface area contributed by atoms with Crippen LogP contribution in [-0.4, -0.2) is 19.4 Å². The van der Waals surface area contributed by atoms with Gasteiger partial charge in [-0.25, -0.2) is 17.9 Å². The van der Waals surface area contributed by atoms with Crippen molar-refractivity contribution >= 4 is 21.6 Å². The standard InChI is InChI=1S/C13H11FN2O4S/c14-10-5-2-6-11(17)12(10)13(18)16-8-3-1-4-9(7-8)21(15,19)20/h1-7,17H,(H,16,18)(H2,15,19,20). The third kappa shape index (κ3) is 3.36. The highest BCUT2D eigenvalue weighted by molar-refractivity contribution is 7.89. The van der Waals surface area contributed by atoms with E-state index in [2.05, 4.69) is 5.32 Å². The Morgan fingerprint density at radius 3 is 2.48 bits per heavy atom. The molecule has 0 heterocycles. The van der Waals surface area contributed by atoms with E-state index in [9.17, 15) is 22.7 Å². The lowest BCUT2D eigenvalue weighted by molar-refractivity contribution is 0.102. The van der Waals surface area contributed by atoms with E-state index in [-0.39, 0.29) is 10.6 Å². The third-order valence-corrected chi connectivity index (χ3v) is 3.55. The first-order valence-electron chi connectivity index (χ1n) is 5.71. The number of anilines is 1. The SMILES string of the molecule is NS(=O)(=O)c1cccc(NC(=O)c2c(O)cccc2F)c1. The van der Waals surface area contributed by atoms with Crippen LogP contribution in [-0.2, 0) is 10.0 Å². The number of amides is 1. The van der Waals surface area contributed by atoms with Crippen molar-refractivity contribution in [3.05, 3.63) is 53.8 Å². The van der Waals surface area contributed by atoms with Gasteiger partial charge in [-0.3, -0.25) is 4.79 Å². The second-order valence-corrected chi connectivity index (χ2v) is 5.72. The molecule has 0 aliphatic rings. The third-order valence-electron chi connectivity index (χ3n) is 2.64. The Morgan fingerprint density at radius 1 is 1.19 bits per heavy atom. The second-order valence-electron chi connectivity index (χ2n) is 4.16. The Hall–Kier alpha value is -2.45. The van der Waals surface area contributed by atoms with E-state index in [4.69, 9.17) is 5.14 Å². The van der Waals surface area contributed by atoms with E-state index >= 15 is 0 Å². The van der Waals surface area contributed by atoms with Gasteiger partial charge in [0.15, 0.2) is 0 Å². The summed E-state index contributed by atoms with van der Waals surface area (Å²) in [5.41, 5.74) is -0.423. The molecule has 21 heavy (non-hydrogen) atoms. The normalized spacial score (nSPS) is 11.1. The van der Waals surface area contributed by atoms with Gasteiger partial charge in [-0.2, -0.15) is 0 Å². The predicted octanol–water partition coefficient (Wildman–Crippen LogP) is 1.43. The molecule has 4 N–H and O–H groups in total. The number of primary sulfonamides is 1. The van der Waals surface area contributed by atoms with Gasteiger partial charge in [0, 0.05) is 5.69 Å². The molecule has 0 radical (unpaired) electrons. The van der Waals surface area contributed by atoms with Crippen molar-refractivity contribution in [2.75, 3.05) is 5.32 Å². The smallest absolute Gasteiger partial charge is 0.262 e. The molecule has 0 atom stereocenters. The molecule has 0 aliphatic carbocycles. The molecule has 1 amide bonds. The molecule has 6 nitrogen and oxygen atoms in total. The number of benzene rings is 2. The topological polar surface area (TPSA) is 109 Å². The first kappa shape index (κ1) is 14.9. The molecule has 8 heteroatoms. The van der Waals surface area contributed by atoms with Crippen molar-refractivity contribution in [1.82, 2.24) is 0 Å². The molecule has 2 aromatic carbocycles. The molecular weight excluding hydrogens is 299 g/mol. The van der Waals surface area contributed by atoms with E-state index < -0.39 is 33.1 Å². The first-order valence-corrected chi connectivity index (χ1v) is 7.25. The molecule has 0 unspecified atom stereocenters. The molecule has 2 aromatic rings. The Labute approximate surface area is 120 Å². The van der Waals surface area contributed by atoms with Crippen LogP contribution in [0.2, 0.25) is 0 Å². The van der Waals surface area contributed by atoms with E-state index in [1.165, 1.54) is 30.3 Å². The Morgan fingerprint density at radius 2 is 1.86 bits per heavy atom. The minimum absolute atomic E-state index is 0.106. The number of rotatable bonds is 3. The molecule has 2 rings (SSSR count). The fourth-order valence-electron chi connectivity index (χ4n) is 1.68. The van der Waals surface area contributed by atoms with Crippen molar-refractivity contribution in [1.29, 1.82) is 0 Å². The first-order chi connectivity index (χ1) is 9.79. The van der Waals surface area contributed by atoms with Crippen molar-refractivity contribution in [2.24, 2.45) is 5.14 Å². The minimum Gasteiger partial charge on any atom is -0.507 e. The maximum atomic E-state index is 13.5. The molecule has 0 aromatic heterocycles. The lowest BCUT2D eigenvalue weighted by Gasteiger charge is -2.08. The summed E-state index contributed by atoms with van der Waals surface area (Å²) in [6.07, 6.45) is 0. The van der Waals surface area contributed by atoms with Crippen molar-refractivity contribution in [3.63, 3.8) is 0 Å². The van der Waals surface area contributed by atoms with Crippen molar-refractivity contribution in [2.45, 2.75) is 4.90 Å². The molecular formula is C13H11FN2O4S. The largest absolute Gasteiger partial charge is 0.507 e. The molecule has 110 valence electrons. The van der Waals surface area contributed by atoms with Gasteiger partial charge in [0.2, 0.25) is 10.0 Å². The second kappa shape index (κ2) is 5.51. The van der Waals surface area contributed by atoms with Gasteiger partial charge in [0.1, 0.15) is 17.1 Å². The Kier molecular flexibility index (Phi) is 3.92. The zero-order valence-corrected chi connectivity index (χ0v) is 11.4. The summed E-state index contributed by atoms with van der Waals surface area (Å²) in [4.78, 5) is 11.7. The van der Waals surface area contributed by atoms with Gasteiger partial charge in [-0.05, 0) is 30.3 Å². The summed E-state index contributed by atoms with van der Waals surface area (Å²) in [6, 6.07) is 8.61. The fraction of sp³-hybridized carbons (Fsp3) is 0. The van der Waals surface area contributed by atoms with Crippen LogP contribution in [0.25, 0.3) is 0 Å². The number of halogens is 1. The number of hydrogen-bond donors (Lipinski definition) is 3. The van der Waals surface area contributed by atoms with Gasteiger partial charge in [0.25, 0.3) is 5.91 Å². The number of phenols is 1. The molecule has 0 saturated heterocycles. The molecule has 0 spiro atoms. The molecule has 0 saturated carbocycles. The van der Waals surface area contributed by atoms with E-state index in [1.54, 1.807) is 0 Å². The van der Waals surface area contributed by atoms with Crippen LogP contribution in [0.5, 0.6) is 5.75 Å². The monoisotopic (exact) mass is 310 g/mol. The predicted molar refractivity (Wildman–Crippen MR) is 73.8 cm³/mol. The summed E-state index contributed by atoms with van der Waals surface area (Å²) in [5, 5.41) is 16.8. The lowest BCUT2D eigenvalue weighted by Crippen LogP contribution is -2.16. The zero-order valence-electron chi connectivity index (χ0n) is 10.6. The van der Waals surface area contributed by atoms with Crippen LogP contribution in [0.4, 0.5) is 10.1 Å². The number of hydrogen-bond acceptors (Lipinski definition) is 4. The summed E-state index contributed by atoms with van der Waals surface area (Å²) >= 11 is 0. The minimum atomic E-state index is -3.92. The van der Waals surface area contributed by atoms with Crippen molar-refractivity contribution in [3.8, 4) is 5.75 Å². The number of aromatic hydroxyl groups is 1.